The van der Waals surface area contributed by atoms with Crippen molar-refractivity contribution in [2.24, 2.45) is 0 Å². The molecule has 31 heavy (non-hydrogen) atoms. The summed E-state index contributed by atoms with van der Waals surface area (Å²) in [5, 5.41) is 0. The van der Waals surface area contributed by atoms with Crippen LogP contribution in [0, 0.1) is 0 Å². The highest BCUT2D eigenvalue weighted by atomic mass is 16.6. The van der Waals surface area contributed by atoms with Crippen molar-refractivity contribution in [2.45, 2.75) is 45.3 Å². The Bertz CT molecular complexity index is 1190. The van der Waals surface area contributed by atoms with Crippen LogP contribution in [0.15, 0.2) is 48.7 Å². The van der Waals surface area contributed by atoms with E-state index in [0.29, 0.717) is 12.1 Å². The maximum atomic E-state index is 12.8. The standard InChI is InChI=1S/C25H25N3O3/c1-25(2,3)31-24(30)28-12-6-9-21(28)23-26-14-20(27-23)15-10-11-17-16-7-4-5-8-18(16)22(29)19(17)13-15/h4-5,7-8,10-11,13-14,21H,6,9,12H2,1-3H3,(H,26,27). The van der Waals surface area contributed by atoms with Gasteiger partial charge in [-0.1, -0.05) is 36.4 Å². The van der Waals surface area contributed by atoms with Crippen molar-refractivity contribution in [1.82, 2.24) is 14.9 Å². The smallest absolute Gasteiger partial charge is 0.410 e. The molecule has 6 nitrogen and oxygen atoms in total. The van der Waals surface area contributed by atoms with Crippen LogP contribution in [0.25, 0.3) is 22.4 Å². The maximum absolute atomic E-state index is 12.8. The Morgan fingerprint density at radius 3 is 2.61 bits per heavy atom. The predicted molar refractivity (Wildman–Crippen MR) is 118 cm³/mol. The molecule has 0 saturated carbocycles. The summed E-state index contributed by atoms with van der Waals surface area (Å²) in [6.07, 6.45) is 3.21. The number of imidazole rings is 1. The molecule has 1 amide bonds. The highest BCUT2D eigenvalue weighted by Gasteiger charge is 2.35. The van der Waals surface area contributed by atoms with Gasteiger partial charge in [0.2, 0.25) is 0 Å². The Morgan fingerprint density at radius 2 is 1.84 bits per heavy atom. The number of aromatic amines is 1. The number of nitrogens with one attached hydrogen (secondary N) is 1. The van der Waals surface area contributed by atoms with Crippen LogP contribution >= 0.6 is 0 Å². The minimum absolute atomic E-state index is 0.0547. The molecule has 1 saturated heterocycles. The van der Waals surface area contributed by atoms with Gasteiger partial charge in [-0.3, -0.25) is 9.69 Å². The minimum Gasteiger partial charge on any atom is -0.444 e. The molecule has 3 aromatic rings. The highest BCUT2D eigenvalue weighted by molar-refractivity contribution is 6.22. The summed E-state index contributed by atoms with van der Waals surface area (Å²) in [7, 11) is 0. The number of H-pyrrole nitrogens is 1. The molecule has 6 heteroatoms. The van der Waals surface area contributed by atoms with Gasteiger partial charge in [-0.2, -0.15) is 0 Å². The molecule has 2 aliphatic rings. The van der Waals surface area contributed by atoms with E-state index in [1.165, 1.54) is 0 Å². The summed E-state index contributed by atoms with van der Waals surface area (Å²) in [4.78, 5) is 35.1. The second kappa shape index (κ2) is 7.08. The van der Waals surface area contributed by atoms with Crippen LogP contribution in [-0.2, 0) is 4.74 Å². The van der Waals surface area contributed by atoms with Crippen LogP contribution in [0.2, 0.25) is 0 Å². The molecule has 0 spiro atoms. The van der Waals surface area contributed by atoms with Crippen molar-refractivity contribution in [3.63, 3.8) is 0 Å². The third-order valence-corrected chi connectivity index (χ3v) is 5.83. The number of nitrogens with zero attached hydrogens (tertiary/aromatic N) is 2. The lowest BCUT2D eigenvalue weighted by atomic mass is 10.0. The topological polar surface area (TPSA) is 75.3 Å². The van der Waals surface area contributed by atoms with Crippen molar-refractivity contribution in [3.8, 4) is 22.4 Å². The normalized spacial score (nSPS) is 17.6. The van der Waals surface area contributed by atoms with Gasteiger partial charge in [0.15, 0.2) is 5.78 Å². The summed E-state index contributed by atoms with van der Waals surface area (Å²) in [5.74, 6) is 0.799. The average Bonchev–Trinajstić information content (AvgIpc) is 3.45. The van der Waals surface area contributed by atoms with Gasteiger partial charge in [-0.25, -0.2) is 9.78 Å². The first kappa shape index (κ1) is 19.5. The number of carbonyl (C=O) groups is 2. The first-order valence-corrected chi connectivity index (χ1v) is 10.6. The lowest BCUT2D eigenvalue weighted by molar-refractivity contribution is 0.0218. The van der Waals surface area contributed by atoms with Crippen LogP contribution in [0.1, 0.15) is 61.4 Å². The molecule has 1 N–H and O–H groups in total. The molecule has 1 unspecified atom stereocenters. The number of hydrogen-bond donors (Lipinski definition) is 1. The van der Waals surface area contributed by atoms with Gasteiger partial charge in [0.05, 0.1) is 17.9 Å². The zero-order valence-corrected chi connectivity index (χ0v) is 17.9. The van der Waals surface area contributed by atoms with E-state index >= 15 is 0 Å². The summed E-state index contributed by atoms with van der Waals surface area (Å²) < 4.78 is 5.57. The Kier molecular flexibility index (Phi) is 4.46. The average molecular weight is 415 g/mol. The van der Waals surface area contributed by atoms with Crippen molar-refractivity contribution in [3.05, 3.63) is 65.6 Å². The van der Waals surface area contributed by atoms with E-state index in [4.69, 9.17) is 4.74 Å². The molecule has 2 aromatic carbocycles. The van der Waals surface area contributed by atoms with Gasteiger partial charge in [-0.15, -0.1) is 0 Å². The number of ether oxygens (including phenoxy) is 1. The number of benzene rings is 2. The molecular weight excluding hydrogens is 390 g/mol. The maximum Gasteiger partial charge on any atom is 0.410 e. The monoisotopic (exact) mass is 415 g/mol. The van der Waals surface area contributed by atoms with Crippen molar-refractivity contribution in [2.75, 3.05) is 6.54 Å². The molecule has 0 bridgehead atoms. The van der Waals surface area contributed by atoms with E-state index in [1.807, 2.05) is 63.2 Å². The zero-order valence-electron chi connectivity index (χ0n) is 17.9. The van der Waals surface area contributed by atoms with Crippen LogP contribution < -0.4 is 0 Å². The van der Waals surface area contributed by atoms with Gasteiger partial charge >= 0.3 is 6.09 Å². The van der Waals surface area contributed by atoms with Crippen LogP contribution in [0.5, 0.6) is 0 Å². The lowest BCUT2D eigenvalue weighted by Gasteiger charge is -2.27. The molecule has 2 heterocycles. The Hall–Kier alpha value is -3.41. The third-order valence-electron chi connectivity index (χ3n) is 5.83. The Balaban J connectivity index is 1.42. The molecular formula is C25H25N3O3. The van der Waals surface area contributed by atoms with Crippen molar-refractivity contribution in [1.29, 1.82) is 0 Å². The fourth-order valence-corrected chi connectivity index (χ4v) is 4.44. The van der Waals surface area contributed by atoms with E-state index in [9.17, 15) is 9.59 Å². The molecule has 1 aromatic heterocycles. The summed E-state index contributed by atoms with van der Waals surface area (Å²) >= 11 is 0. The highest BCUT2D eigenvalue weighted by Crippen LogP contribution is 2.39. The number of hydrogen-bond acceptors (Lipinski definition) is 4. The number of aromatic nitrogens is 2. The quantitative estimate of drug-likeness (QED) is 0.478. The first-order valence-electron chi connectivity index (χ1n) is 10.6. The largest absolute Gasteiger partial charge is 0.444 e. The summed E-state index contributed by atoms with van der Waals surface area (Å²) in [5.41, 5.74) is 4.62. The Morgan fingerprint density at radius 1 is 1.10 bits per heavy atom. The second-order valence-corrected chi connectivity index (χ2v) is 9.15. The van der Waals surface area contributed by atoms with E-state index < -0.39 is 5.60 Å². The second-order valence-electron chi connectivity index (χ2n) is 9.15. The number of fused-ring (bicyclic) bond motifs is 3. The minimum atomic E-state index is -0.535. The third kappa shape index (κ3) is 3.42. The van der Waals surface area contributed by atoms with Gasteiger partial charge < -0.3 is 9.72 Å². The fraction of sp³-hybridized carbons (Fsp3) is 0.320. The number of carbonyl (C=O) groups excluding carboxylic acids is 2. The van der Waals surface area contributed by atoms with E-state index in [-0.39, 0.29) is 17.9 Å². The van der Waals surface area contributed by atoms with Crippen LogP contribution in [0.3, 0.4) is 0 Å². The van der Waals surface area contributed by atoms with E-state index in [2.05, 4.69) is 9.97 Å². The van der Waals surface area contributed by atoms with Gasteiger partial charge in [-0.05, 0) is 50.8 Å². The summed E-state index contributed by atoms with van der Waals surface area (Å²) in [6.45, 7) is 6.26. The SMILES string of the molecule is CC(C)(C)OC(=O)N1CCCC1c1ncc(-c2ccc3c(c2)C(=O)c2ccccc2-3)[nH]1. The zero-order chi connectivity index (χ0) is 21.8. The van der Waals surface area contributed by atoms with Gasteiger partial charge in [0, 0.05) is 23.2 Å². The molecule has 5 rings (SSSR count). The molecule has 1 atom stereocenters. The van der Waals surface area contributed by atoms with Crippen molar-refractivity contribution >= 4 is 11.9 Å². The van der Waals surface area contributed by atoms with Crippen molar-refractivity contribution < 1.29 is 14.3 Å². The van der Waals surface area contributed by atoms with Crippen LogP contribution in [-0.4, -0.2) is 38.9 Å². The van der Waals surface area contributed by atoms with E-state index in [1.54, 1.807) is 11.1 Å². The van der Waals surface area contributed by atoms with Crippen LogP contribution in [0.4, 0.5) is 4.79 Å². The number of ketones is 1. The van der Waals surface area contributed by atoms with Gasteiger partial charge in [0.1, 0.15) is 11.4 Å². The number of rotatable bonds is 2. The lowest BCUT2D eigenvalue weighted by Crippen LogP contribution is -2.36. The molecule has 1 fully saturated rings. The fourth-order valence-electron chi connectivity index (χ4n) is 4.44. The Labute approximate surface area is 181 Å². The molecule has 0 radical (unpaired) electrons. The molecule has 1 aliphatic carbocycles. The molecule has 158 valence electrons. The number of amides is 1. The van der Waals surface area contributed by atoms with Gasteiger partial charge in [0.25, 0.3) is 0 Å². The number of likely N-dealkylation sites (tertiary alicyclic amines) is 1. The summed E-state index contributed by atoms with van der Waals surface area (Å²) in [6, 6.07) is 13.5. The molecule has 1 aliphatic heterocycles. The van der Waals surface area contributed by atoms with E-state index in [0.717, 1.165) is 46.6 Å². The predicted octanol–water partition coefficient (Wildman–Crippen LogP) is 5.36. The first-order chi connectivity index (χ1) is 14.8.